The van der Waals surface area contributed by atoms with Gasteiger partial charge in [-0.3, -0.25) is 4.79 Å². The quantitative estimate of drug-likeness (QED) is 0.669. The molecule has 1 N–H and O–H groups in total. The SMILES string of the molecule is CCOc1ccc(CCNC(=O)Cc2ccc(Cl)c(Cl)c2)cc1OCC. The summed E-state index contributed by atoms with van der Waals surface area (Å²) in [5.41, 5.74) is 1.91. The van der Waals surface area contributed by atoms with E-state index >= 15 is 0 Å². The highest BCUT2D eigenvalue weighted by molar-refractivity contribution is 6.42. The van der Waals surface area contributed by atoms with Gasteiger partial charge >= 0.3 is 0 Å². The maximum absolute atomic E-state index is 12.1. The van der Waals surface area contributed by atoms with Crippen molar-refractivity contribution in [3.8, 4) is 11.5 Å². The van der Waals surface area contributed by atoms with Gasteiger partial charge in [0.2, 0.25) is 5.91 Å². The topological polar surface area (TPSA) is 47.6 Å². The van der Waals surface area contributed by atoms with Crippen molar-refractivity contribution in [2.24, 2.45) is 0 Å². The van der Waals surface area contributed by atoms with Crippen LogP contribution in [0.3, 0.4) is 0 Å². The molecule has 0 atom stereocenters. The Labute approximate surface area is 164 Å². The minimum Gasteiger partial charge on any atom is -0.490 e. The molecule has 2 rings (SSSR count). The van der Waals surface area contributed by atoms with E-state index in [4.69, 9.17) is 32.7 Å². The van der Waals surface area contributed by atoms with Gasteiger partial charge in [0.05, 0.1) is 29.7 Å². The van der Waals surface area contributed by atoms with Crippen LogP contribution in [0.4, 0.5) is 0 Å². The summed E-state index contributed by atoms with van der Waals surface area (Å²) in [5.74, 6) is 1.41. The summed E-state index contributed by atoms with van der Waals surface area (Å²) in [4.78, 5) is 12.1. The van der Waals surface area contributed by atoms with Crippen molar-refractivity contribution in [3.63, 3.8) is 0 Å². The predicted octanol–water partition coefficient (Wildman–Crippen LogP) is 4.69. The fraction of sp³-hybridized carbons (Fsp3) is 0.350. The van der Waals surface area contributed by atoms with Gasteiger partial charge in [0.15, 0.2) is 11.5 Å². The molecule has 0 bridgehead atoms. The molecule has 6 heteroatoms. The van der Waals surface area contributed by atoms with Crippen LogP contribution < -0.4 is 14.8 Å². The third-order valence-electron chi connectivity index (χ3n) is 3.69. The molecule has 0 spiro atoms. The molecule has 0 radical (unpaired) electrons. The molecule has 0 saturated carbocycles. The van der Waals surface area contributed by atoms with E-state index in [1.165, 1.54) is 0 Å². The largest absolute Gasteiger partial charge is 0.490 e. The third kappa shape index (κ3) is 6.11. The molecule has 0 unspecified atom stereocenters. The van der Waals surface area contributed by atoms with Gasteiger partial charge in [-0.15, -0.1) is 0 Å². The molecular weight excluding hydrogens is 373 g/mol. The van der Waals surface area contributed by atoms with Gasteiger partial charge in [-0.05, 0) is 55.7 Å². The van der Waals surface area contributed by atoms with Crippen molar-refractivity contribution in [1.29, 1.82) is 0 Å². The molecule has 0 saturated heterocycles. The number of amides is 1. The lowest BCUT2D eigenvalue weighted by Crippen LogP contribution is -2.27. The number of halogens is 2. The highest BCUT2D eigenvalue weighted by atomic mass is 35.5. The number of nitrogens with one attached hydrogen (secondary N) is 1. The third-order valence-corrected chi connectivity index (χ3v) is 4.43. The van der Waals surface area contributed by atoms with E-state index in [1.54, 1.807) is 18.2 Å². The second-order valence-corrected chi connectivity index (χ2v) is 6.49. The molecule has 140 valence electrons. The molecule has 0 aromatic heterocycles. The lowest BCUT2D eigenvalue weighted by Gasteiger charge is -2.12. The molecule has 2 aromatic carbocycles. The van der Waals surface area contributed by atoms with Crippen LogP contribution in [0.15, 0.2) is 36.4 Å². The van der Waals surface area contributed by atoms with E-state index in [-0.39, 0.29) is 12.3 Å². The summed E-state index contributed by atoms with van der Waals surface area (Å²) in [5, 5.41) is 3.85. The first-order valence-corrected chi connectivity index (χ1v) is 9.38. The van der Waals surface area contributed by atoms with Crippen molar-refractivity contribution in [2.45, 2.75) is 26.7 Å². The van der Waals surface area contributed by atoms with Crippen molar-refractivity contribution >= 4 is 29.1 Å². The summed E-state index contributed by atoms with van der Waals surface area (Å²) in [6.07, 6.45) is 0.976. The molecule has 0 aliphatic rings. The fourth-order valence-corrected chi connectivity index (χ4v) is 2.82. The van der Waals surface area contributed by atoms with Gasteiger partial charge < -0.3 is 14.8 Å². The molecule has 0 aliphatic heterocycles. The van der Waals surface area contributed by atoms with E-state index in [9.17, 15) is 4.79 Å². The molecule has 2 aromatic rings. The number of hydrogen-bond donors (Lipinski definition) is 1. The Morgan fingerprint density at radius 3 is 2.31 bits per heavy atom. The van der Waals surface area contributed by atoms with Crippen LogP contribution >= 0.6 is 23.2 Å². The number of hydrogen-bond acceptors (Lipinski definition) is 3. The summed E-state index contributed by atoms with van der Waals surface area (Å²) in [6, 6.07) is 11.1. The Morgan fingerprint density at radius 2 is 1.62 bits per heavy atom. The average Bonchev–Trinajstić information content (AvgIpc) is 2.61. The zero-order valence-electron chi connectivity index (χ0n) is 15.0. The van der Waals surface area contributed by atoms with Gasteiger partial charge in [-0.2, -0.15) is 0 Å². The Morgan fingerprint density at radius 1 is 0.923 bits per heavy atom. The molecule has 0 fully saturated rings. The van der Waals surface area contributed by atoms with Crippen LogP contribution in [0.5, 0.6) is 11.5 Å². The van der Waals surface area contributed by atoms with Crippen molar-refractivity contribution < 1.29 is 14.3 Å². The first-order chi connectivity index (χ1) is 12.5. The van der Waals surface area contributed by atoms with Crippen LogP contribution in [-0.2, 0) is 17.6 Å². The van der Waals surface area contributed by atoms with Gasteiger partial charge in [0.1, 0.15) is 0 Å². The molecule has 4 nitrogen and oxygen atoms in total. The first-order valence-electron chi connectivity index (χ1n) is 8.62. The van der Waals surface area contributed by atoms with E-state index in [1.807, 2.05) is 32.0 Å². The van der Waals surface area contributed by atoms with Crippen LogP contribution in [-0.4, -0.2) is 25.7 Å². The maximum atomic E-state index is 12.1. The Balaban J connectivity index is 1.87. The summed E-state index contributed by atoms with van der Waals surface area (Å²) in [6.45, 7) is 5.58. The Hall–Kier alpha value is -1.91. The van der Waals surface area contributed by atoms with Crippen LogP contribution in [0, 0.1) is 0 Å². The number of carbonyl (C=O) groups excluding carboxylic acids is 1. The second kappa shape index (κ2) is 10.3. The Kier molecular flexibility index (Phi) is 8.07. The van der Waals surface area contributed by atoms with E-state index in [2.05, 4.69) is 5.32 Å². The number of carbonyl (C=O) groups is 1. The van der Waals surface area contributed by atoms with Gasteiger partial charge in [-0.1, -0.05) is 35.3 Å². The Bertz CT molecular complexity index is 750. The number of rotatable bonds is 9. The normalized spacial score (nSPS) is 10.5. The average molecular weight is 396 g/mol. The van der Waals surface area contributed by atoms with E-state index < -0.39 is 0 Å². The smallest absolute Gasteiger partial charge is 0.224 e. The number of benzene rings is 2. The second-order valence-electron chi connectivity index (χ2n) is 5.67. The number of ether oxygens (including phenoxy) is 2. The van der Waals surface area contributed by atoms with Crippen molar-refractivity contribution in [3.05, 3.63) is 57.6 Å². The maximum Gasteiger partial charge on any atom is 0.224 e. The molecule has 1 amide bonds. The zero-order valence-corrected chi connectivity index (χ0v) is 16.5. The van der Waals surface area contributed by atoms with Crippen LogP contribution in [0.1, 0.15) is 25.0 Å². The summed E-state index contributed by atoms with van der Waals surface area (Å²) in [7, 11) is 0. The monoisotopic (exact) mass is 395 g/mol. The molecular formula is C20H23Cl2NO3. The lowest BCUT2D eigenvalue weighted by atomic mass is 10.1. The van der Waals surface area contributed by atoms with E-state index in [0.29, 0.717) is 36.2 Å². The minimum atomic E-state index is -0.0562. The van der Waals surface area contributed by atoms with Crippen LogP contribution in [0.2, 0.25) is 10.0 Å². The highest BCUT2D eigenvalue weighted by Gasteiger charge is 2.08. The predicted molar refractivity (Wildman–Crippen MR) is 106 cm³/mol. The van der Waals surface area contributed by atoms with Gasteiger partial charge in [-0.25, -0.2) is 0 Å². The first kappa shape index (κ1) is 20.4. The highest BCUT2D eigenvalue weighted by Crippen LogP contribution is 2.28. The lowest BCUT2D eigenvalue weighted by molar-refractivity contribution is -0.120. The zero-order chi connectivity index (χ0) is 18.9. The van der Waals surface area contributed by atoms with E-state index in [0.717, 1.165) is 22.6 Å². The fourth-order valence-electron chi connectivity index (χ4n) is 2.49. The van der Waals surface area contributed by atoms with Gasteiger partial charge in [0.25, 0.3) is 0 Å². The van der Waals surface area contributed by atoms with Crippen LogP contribution in [0.25, 0.3) is 0 Å². The molecule has 0 aliphatic carbocycles. The summed E-state index contributed by atoms with van der Waals surface area (Å²) < 4.78 is 11.2. The summed E-state index contributed by atoms with van der Waals surface area (Å²) >= 11 is 11.9. The molecule has 26 heavy (non-hydrogen) atoms. The van der Waals surface area contributed by atoms with Crippen molar-refractivity contribution in [1.82, 2.24) is 5.32 Å². The standard InChI is InChI=1S/C20H23Cl2NO3/c1-3-25-18-8-6-14(12-19(18)26-4-2)9-10-23-20(24)13-15-5-7-16(21)17(22)11-15/h5-8,11-12H,3-4,9-10,13H2,1-2H3,(H,23,24). The van der Waals surface area contributed by atoms with Gasteiger partial charge in [0, 0.05) is 6.54 Å². The minimum absolute atomic E-state index is 0.0562. The molecule has 0 heterocycles. The van der Waals surface area contributed by atoms with Crippen molar-refractivity contribution in [2.75, 3.05) is 19.8 Å².